The molecule has 0 radical (unpaired) electrons. The Hall–Kier alpha value is -0.960. The number of ether oxygens (including phenoxy) is 1. The van der Waals surface area contributed by atoms with Crippen molar-refractivity contribution in [3.8, 4) is 0 Å². The fourth-order valence-corrected chi connectivity index (χ4v) is 4.67. The van der Waals surface area contributed by atoms with E-state index in [1.165, 1.54) is 4.31 Å². The van der Waals surface area contributed by atoms with Crippen molar-refractivity contribution in [1.82, 2.24) is 9.62 Å². The van der Waals surface area contributed by atoms with Crippen molar-refractivity contribution in [1.29, 1.82) is 0 Å². The number of hydrogen-bond acceptors (Lipinski definition) is 4. The quantitative estimate of drug-likeness (QED) is 0.622. The maximum absolute atomic E-state index is 12.8. The summed E-state index contributed by atoms with van der Waals surface area (Å²) in [6, 6.07) is 6.58. The SMILES string of the molecule is CC(C)OCCCNC(=O)[C@H]1CCCN(S(=O)(=O)c2ccc(Br)cc2)C1. The molecule has 1 fully saturated rings. The van der Waals surface area contributed by atoms with E-state index in [1.807, 2.05) is 13.8 Å². The normalized spacial score (nSPS) is 18.8. The fraction of sp³-hybridized carbons (Fsp3) is 0.611. The second-order valence-electron chi connectivity index (χ2n) is 6.72. The number of sulfonamides is 1. The van der Waals surface area contributed by atoms with E-state index in [0.29, 0.717) is 32.5 Å². The number of carbonyl (C=O) groups is 1. The van der Waals surface area contributed by atoms with E-state index in [4.69, 9.17) is 4.74 Å². The lowest BCUT2D eigenvalue weighted by Gasteiger charge is -2.31. The Labute approximate surface area is 164 Å². The molecule has 0 bridgehead atoms. The van der Waals surface area contributed by atoms with Crippen LogP contribution in [0.4, 0.5) is 0 Å². The number of halogens is 1. The highest BCUT2D eigenvalue weighted by Gasteiger charge is 2.33. The lowest BCUT2D eigenvalue weighted by atomic mass is 9.99. The maximum atomic E-state index is 12.8. The zero-order valence-electron chi connectivity index (χ0n) is 15.3. The van der Waals surface area contributed by atoms with Crippen LogP contribution in [0.2, 0.25) is 0 Å². The van der Waals surface area contributed by atoms with Gasteiger partial charge in [-0.2, -0.15) is 4.31 Å². The summed E-state index contributed by atoms with van der Waals surface area (Å²) in [5.41, 5.74) is 0. The number of benzene rings is 1. The fourth-order valence-electron chi connectivity index (χ4n) is 2.88. The molecule has 1 aliphatic rings. The van der Waals surface area contributed by atoms with Crippen molar-refractivity contribution in [3.05, 3.63) is 28.7 Å². The van der Waals surface area contributed by atoms with Crippen LogP contribution in [0.15, 0.2) is 33.6 Å². The van der Waals surface area contributed by atoms with E-state index < -0.39 is 10.0 Å². The summed E-state index contributed by atoms with van der Waals surface area (Å²) < 4.78 is 33.3. The molecule has 2 rings (SSSR count). The molecule has 1 heterocycles. The number of hydrogen-bond donors (Lipinski definition) is 1. The van der Waals surface area contributed by atoms with E-state index >= 15 is 0 Å². The number of carbonyl (C=O) groups excluding carboxylic acids is 1. The summed E-state index contributed by atoms with van der Waals surface area (Å²) in [6.07, 6.45) is 2.32. The Morgan fingerprint density at radius 3 is 2.69 bits per heavy atom. The monoisotopic (exact) mass is 446 g/mol. The van der Waals surface area contributed by atoms with E-state index in [9.17, 15) is 13.2 Å². The molecule has 0 aliphatic carbocycles. The largest absolute Gasteiger partial charge is 0.379 e. The molecule has 0 spiro atoms. The van der Waals surface area contributed by atoms with Crippen molar-refractivity contribution in [2.75, 3.05) is 26.2 Å². The van der Waals surface area contributed by atoms with Crippen LogP contribution in [0.25, 0.3) is 0 Å². The standard InChI is InChI=1S/C18H27BrN2O4S/c1-14(2)25-12-4-10-20-18(22)15-5-3-11-21(13-15)26(23,24)17-8-6-16(19)7-9-17/h6-9,14-15H,3-5,10-13H2,1-2H3,(H,20,22)/t15-/m0/s1. The Balaban J connectivity index is 1.89. The third-order valence-corrected chi connectivity index (χ3v) is 6.69. The second kappa shape index (κ2) is 9.82. The minimum atomic E-state index is -3.57. The summed E-state index contributed by atoms with van der Waals surface area (Å²) in [4.78, 5) is 12.6. The first-order chi connectivity index (χ1) is 12.3. The van der Waals surface area contributed by atoms with Crippen LogP contribution in [-0.4, -0.2) is 51.0 Å². The first-order valence-corrected chi connectivity index (χ1v) is 11.2. The third-order valence-electron chi connectivity index (χ3n) is 4.28. The van der Waals surface area contributed by atoms with Crippen molar-refractivity contribution in [2.45, 2.75) is 44.1 Å². The molecule has 1 aliphatic heterocycles. The lowest BCUT2D eigenvalue weighted by Crippen LogP contribution is -2.45. The van der Waals surface area contributed by atoms with Gasteiger partial charge in [0.25, 0.3) is 0 Å². The number of rotatable bonds is 8. The summed E-state index contributed by atoms with van der Waals surface area (Å²) in [7, 11) is -3.57. The van der Waals surface area contributed by atoms with Gasteiger partial charge in [-0.05, 0) is 57.4 Å². The molecule has 1 aromatic carbocycles. The van der Waals surface area contributed by atoms with Crippen LogP contribution >= 0.6 is 15.9 Å². The molecule has 1 aromatic rings. The van der Waals surface area contributed by atoms with Gasteiger partial charge in [-0.3, -0.25) is 4.79 Å². The van der Waals surface area contributed by atoms with E-state index in [-0.39, 0.29) is 29.4 Å². The average molecular weight is 447 g/mol. The first kappa shape index (κ1) is 21.3. The maximum Gasteiger partial charge on any atom is 0.243 e. The predicted octanol–water partition coefficient (Wildman–Crippen LogP) is 2.78. The highest BCUT2D eigenvalue weighted by atomic mass is 79.9. The van der Waals surface area contributed by atoms with Gasteiger partial charge in [-0.1, -0.05) is 15.9 Å². The molecule has 1 saturated heterocycles. The molecule has 1 atom stereocenters. The molecule has 0 saturated carbocycles. The minimum Gasteiger partial charge on any atom is -0.379 e. The summed E-state index contributed by atoms with van der Waals surface area (Å²) in [5, 5.41) is 2.90. The molecule has 0 unspecified atom stereocenters. The zero-order chi connectivity index (χ0) is 19.2. The highest BCUT2D eigenvalue weighted by Crippen LogP contribution is 2.24. The minimum absolute atomic E-state index is 0.0785. The zero-order valence-corrected chi connectivity index (χ0v) is 17.7. The van der Waals surface area contributed by atoms with Gasteiger partial charge in [0, 0.05) is 30.7 Å². The first-order valence-electron chi connectivity index (χ1n) is 8.95. The molecule has 1 amide bonds. The second-order valence-corrected chi connectivity index (χ2v) is 9.57. The van der Waals surface area contributed by atoms with Gasteiger partial charge in [-0.15, -0.1) is 0 Å². The number of nitrogens with zero attached hydrogens (tertiary/aromatic N) is 1. The van der Waals surface area contributed by atoms with Gasteiger partial charge >= 0.3 is 0 Å². The van der Waals surface area contributed by atoms with Crippen LogP contribution in [0.1, 0.15) is 33.1 Å². The van der Waals surface area contributed by atoms with Gasteiger partial charge in [0.05, 0.1) is 16.9 Å². The Kier molecular flexibility index (Phi) is 8.06. The lowest BCUT2D eigenvalue weighted by molar-refractivity contribution is -0.126. The van der Waals surface area contributed by atoms with E-state index in [2.05, 4.69) is 21.2 Å². The van der Waals surface area contributed by atoms with Crippen LogP contribution in [-0.2, 0) is 19.6 Å². The van der Waals surface area contributed by atoms with Crippen molar-refractivity contribution >= 4 is 31.9 Å². The Morgan fingerprint density at radius 1 is 1.35 bits per heavy atom. The van der Waals surface area contributed by atoms with Gasteiger partial charge in [0.1, 0.15) is 0 Å². The smallest absolute Gasteiger partial charge is 0.243 e. The van der Waals surface area contributed by atoms with Gasteiger partial charge in [-0.25, -0.2) is 8.42 Å². The van der Waals surface area contributed by atoms with Crippen LogP contribution in [0, 0.1) is 5.92 Å². The molecule has 0 aromatic heterocycles. The van der Waals surface area contributed by atoms with E-state index in [0.717, 1.165) is 10.9 Å². The third kappa shape index (κ3) is 6.04. The van der Waals surface area contributed by atoms with Crippen LogP contribution < -0.4 is 5.32 Å². The van der Waals surface area contributed by atoms with Crippen LogP contribution in [0.5, 0.6) is 0 Å². The van der Waals surface area contributed by atoms with Gasteiger partial charge in [0.2, 0.25) is 15.9 Å². The molecular weight excluding hydrogens is 420 g/mol. The van der Waals surface area contributed by atoms with Gasteiger partial charge < -0.3 is 10.1 Å². The number of amides is 1. The molecule has 8 heteroatoms. The summed E-state index contributed by atoms with van der Waals surface area (Å²) >= 11 is 3.31. The summed E-state index contributed by atoms with van der Waals surface area (Å²) in [6.45, 7) is 5.77. The molecule has 146 valence electrons. The number of piperidine rings is 1. The molecule has 6 nitrogen and oxygen atoms in total. The van der Waals surface area contributed by atoms with E-state index in [1.54, 1.807) is 24.3 Å². The molecule has 1 N–H and O–H groups in total. The van der Waals surface area contributed by atoms with Crippen molar-refractivity contribution in [3.63, 3.8) is 0 Å². The molecular formula is C18H27BrN2O4S. The summed E-state index contributed by atoms with van der Waals surface area (Å²) in [5.74, 6) is -0.384. The predicted molar refractivity (Wildman–Crippen MR) is 104 cm³/mol. The molecule has 26 heavy (non-hydrogen) atoms. The van der Waals surface area contributed by atoms with Crippen molar-refractivity contribution < 1.29 is 17.9 Å². The average Bonchev–Trinajstić information content (AvgIpc) is 2.61. The van der Waals surface area contributed by atoms with Crippen LogP contribution in [0.3, 0.4) is 0 Å². The number of nitrogens with one attached hydrogen (secondary N) is 1. The Morgan fingerprint density at radius 2 is 2.04 bits per heavy atom. The van der Waals surface area contributed by atoms with Gasteiger partial charge in [0.15, 0.2) is 0 Å². The van der Waals surface area contributed by atoms with Crippen molar-refractivity contribution in [2.24, 2.45) is 5.92 Å². The Bertz CT molecular complexity index is 692. The topological polar surface area (TPSA) is 75.7 Å². The highest BCUT2D eigenvalue weighted by molar-refractivity contribution is 9.10.